The first-order valence-electron chi connectivity index (χ1n) is 4.53. The van der Waals surface area contributed by atoms with Crippen LogP contribution in [0.4, 0.5) is 8.78 Å². The molecule has 0 radical (unpaired) electrons. The van der Waals surface area contributed by atoms with E-state index in [2.05, 4.69) is 9.97 Å². The highest BCUT2D eigenvalue weighted by atomic mass is 35.5. The Morgan fingerprint density at radius 1 is 1.19 bits per heavy atom. The third-order valence-electron chi connectivity index (χ3n) is 2.14. The van der Waals surface area contributed by atoms with E-state index in [4.69, 9.17) is 11.6 Å². The van der Waals surface area contributed by atoms with Gasteiger partial charge < -0.3 is 0 Å². The molecule has 0 amide bonds. The molecule has 82 valence electrons. The second-order valence-corrected chi connectivity index (χ2v) is 3.61. The molecule has 0 spiro atoms. The third kappa shape index (κ3) is 1.88. The second-order valence-electron chi connectivity index (χ2n) is 3.27. The van der Waals surface area contributed by atoms with Crippen LogP contribution in [0.1, 0.15) is 5.56 Å². The smallest absolute Gasteiger partial charge is 0.222 e. The maximum Gasteiger partial charge on any atom is 0.222 e. The topological polar surface area (TPSA) is 25.8 Å². The van der Waals surface area contributed by atoms with Gasteiger partial charge in [0.1, 0.15) is 11.6 Å². The molecule has 0 bridgehead atoms. The molecule has 0 unspecified atom stereocenters. The molecule has 0 atom stereocenters. The van der Waals surface area contributed by atoms with E-state index in [1.807, 2.05) is 0 Å². The maximum atomic E-state index is 13.5. The standard InChI is InChI=1S/C11H7ClF2N2/c1-6-5-15-11(12)16-10(6)9-7(13)3-2-4-8(9)14/h2-5H,1H3. The summed E-state index contributed by atoms with van der Waals surface area (Å²) in [5, 5.41) is -0.0387. The fraction of sp³-hybridized carbons (Fsp3) is 0.0909. The van der Waals surface area contributed by atoms with Crippen LogP contribution in [0.25, 0.3) is 11.3 Å². The Kier molecular flexibility index (Phi) is 2.83. The zero-order chi connectivity index (χ0) is 11.7. The van der Waals surface area contributed by atoms with Gasteiger partial charge in [-0.2, -0.15) is 0 Å². The lowest BCUT2D eigenvalue weighted by molar-refractivity contribution is 0.588. The van der Waals surface area contributed by atoms with Gasteiger partial charge in [-0.1, -0.05) is 6.07 Å². The molecule has 16 heavy (non-hydrogen) atoms. The predicted molar refractivity (Wildman–Crippen MR) is 57.1 cm³/mol. The fourth-order valence-corrected chi connectivity index (χ4v) is 1.53. The van der Waals surface area contributed by atoms with Crippen molar-refractivity contribution in [3.05, 3.63) is 46.9 Å². The van der Waals surface area contributed by atoms with Gasteiger partial charge in [0.15, 0.2) is 0 Å². The fourth-order valence-electron chi connectivity index (χ4n) is 1.40. The Morgan fingerprint density at radius 3 is 2.44 bits per heavy atom. The van der Waals surface area contributed by atoms with Gasteiger partial charge in [0.2, 0.25) is 5.28 Å². The molecule has 0 aliphatic rings. The zero-order valence-corrected chi connectivity index (χ0v) is 9.09. The normalized spacial score (nSPS) is 10.5. The summed E-state index contributed by atoms with van der Waals surface area (Å²) in [5.74, 6) is -1.34. The Hall–Kier alpha value is -1.55. The van der Waals surface area contributed by atoms with Crippen LogP contribution in [0, 0.1) is 18.6 Å². The summed E-state index contributed by atoms with van der Waals surface area (Å²) in [6, 6.07) is 3.65. The zero-order valence-electron chi connectivity index (χ0n) is 8.34. The number of benzene rings is 1. The molecule has 0 aliphatic carbocycles. The minimum Gasteiger partial charge on any atom is -0.226 e. The molecular weight excluding hydrogens is 234 g/mol. The van der Waals surface area contributed by atoms with Crippen LogP contribution in [-0.4, -0.2) is 9.97 Å². The SMILES string of the molecule is Cc1cnc(Cl)nc1-c1c(F)cccc1F. The molecule has 1 aromatic carbocycles. The molecular formula is C11H7ClF2N2. The molecule has 1 heterocycles. The molecule has 2 aromatic rings. The average Bonchev–Trinajstić information content (AvgIpc) is 2.23. The first-order valence-corrected chi connectivity index (χ1v) is 4.91. The van der Waals surface area contributed by atoms with Crippen molar-refractivity contribution >= 4 is 11.6 Å². The highest BCUT2D eigenvalue weighted by Crippen LogP contribution is 2.27. The van der Waals surface area contributed by atoms with E-state index in [1.54, 1.807) is 6.92 Å². The number of aromatic nitrogens is 2. The Balaban J connectivity index is 2.72. The van der Waals surface area contributed by atoms with Gasteiger partial charge >= 0.3 is 0 Å². The molecule has 2 nitrogen and oxygen atoms in total. The number of rotatable bonds is 1. The first-order chi connectivity index (χ1) is 7.59. The van der Waals surface area contributed by atoms with Crippen LogP contribution in [0.3, 0.4) is 0 Å². The predicted octanol–water partition coefficient (Wildman–Crippen LogP) is 3.38. The van der Waals surface area contributed by atoms with Crippen LogP contribution in [0.2, 0.25) is 5.28 Å². The van der Waals surface area contributed by atoms with E-state index >= 15 is 0 Å². The lowest BCUT2D eigenvalue weighted by Crippen LogP contribution is -1.97. The van der Waals surface area contributed by atoms with Crippen molar-refractivity contribution in [2.45, 2.75) is 6.92 Å². The molecule has 1 aromatic heterocycles. The van der Waals surface area contributed by atoms with Crippen LogP contribution in [-0.2, 0) is 0 Å². The summed E-state index contributed by atoms with van der Waals surface area (Å²) in [4.78, 5) is 7.57. The third-order valence-corrected chi connectivity index (χ3v) is 2.32. The van der Waals surface area contributed by atoms with E-state index in [-0.39, 0.29) is 16.5 Å². The van der Waals surface area contributed by atoms with Gasteiger partial charge in [-0.05, 0) is 36.2 Å². The van der Waals surface area contributed by atoms with Gasteiger partial charge in [0.25, 0.3) is 0 Å². The van der Waals surface area contributed by atoms with Crippen molar-refractivity contribution in [1.82, 2.24) is 9.97 Å². The maximum absolute atomic E-state index is 13.5. The van der Waals surface area contributed by atoms with Crippen molar-refractivity contribution in [2.24, 2.45) is 0 Å². The van der Waals surface area contributed by atoms with E-state index < -0.39 is 11.6 Å². The van der Waals surface area contributed by atoms with Crippen molar-refractivity contribution in [1.29, 1.82) is 0 Å². The van der Waals surface area contributed by atoms with Crippen LogP contribution < -0.4 is 0 Å². The largest absolute Gasteiger partial charge is 0.226 e. The summed E-state index contributed by atoms with van der Waals surface area (Å²) >= 11 is 5.60. The van der Waals surface area contributed by atoms with Gasteiger partial charge in [-0.3, -0.25) is 0 Å². The van der Waals surface area contributed by atoms with Crippen molar-refractivity contribution < 1.29 is 8.78 Å². The quantitative estimate of drug-likeness (QED) is 0.714. The van der Waals surface area contributed by atoms with Crippen LogP contribution >= 0.6 is 11.6 Å². The molecule has 0 aliphatic heterocycles. The molecule has 0 saturated heterocycles. The molecule has 0 fully saturated rings. The average molecular weight is 241 g/mol. The van der Waals surface area contributed by atoms with Gasteiger partial charge in [0.05, 0.1) is 11.3 Å². The highest BCUT2D eigenvalue weighted by Gasteiger charge is 2.15. The van der Waals surface area contributed by atoms with Crippen molar-refractivity contribution in [3.63, 3.8) is 0 Å². The lowest BCUT2D eigenvalue weighted by Gasteiger charge is -2.06. The number of hydrogen-bond donors (Lipinski definition) is 0. The van der Waals surface area contributed by atoms with Gasteiger partial charge in [0, 0.05) is 6.20 Å². The number of hydrogen-bond acceptors (Lipinski definition) is 2. The van der Waals surface area contributed by atoms with Crippen molar-refractivity contribution in [3.8, 4) is 11.3 Å². The molecule has 0 saturated carbocycles. The summed E-state index contributed by atoms with van der Waals surface area (Å²) in [6.45, 7) is 1.66. The van der Waals surface area contributed by atoms with Crippen LogP contribution in [0.5, 0.6) is 0 Å². The van der Waals surface area contributed by atoms with E-state index in [1.165, 1.54) is 24.4 Å². The van der Waals surface area contributed by atoms with Gasteiger partial charge in [-0.25, -0.2) is 18.7 Å². The molecule has 0 N–H and O–H groups in total. The minimum absolute atomic E-state index is 0.0387. The van der Waals surface area contributed by atoms with Crippen molar-refractivity contribution in [2.75, 3.05) is 0 Å². The molecule has 2 rings (SSSR count). The Labute approximate surface area is 95.9 Å². The first kappa shape index (κ1) is 11.0. The highest BCUT2D eigenvalue weighted by molar-refractivity contribution is 6.28. The second kappa shape index (κ2) is 4.14. The minimum atomic E-state index is -0.669. The Bertz CT molecular complexity index is 523. The Morgan fingerprint density at radius 2 is 1.81 bits per heavy atom. The summed E-state index contributed by atoms with van der Waals surface area (Å²) in [7, 11) is 0. The number of halogens is 3. The summed E-state index contributed by atoms with van der Waals surface area (Å²) in [5.41, 5.74) is 0.563. The number of aryl methyl sites for hydroxylation is 1. The monoisotopic (exact) mass is 240 g/mol. The summed E-state index contributed by atoms with van der Waals surface area (Å²) < 4.78 is 27.0. The number of nitrogens with zero attached hydrogens (tertiary/aromatic N) is 2. The van der Waals surface area contributed by atoms with E-state index in [9.17, 15) is 8.78 Å². The molecule has 5 heteroatoms. The summed E-state index contributed by atoms with van der Waals surface area (Å²) in [6.07, 6.45) is 1.43. The van der Waals surface area contributed by atoms with Crippen LogP contribution in [0.15, 0.2) is 24.4 Å². The lowest BCUT2D eigenvalue weighted by atomic mass is 10.1. The van der Waals surface area contributed by atoms with E-state index in [0.717, 1.165) is 0 Å². The van der Waals surface area contributed by atoms with Gasteiger partial charge in [-0.15, -0.1) is 0 Å². The van der Waals surface area contributed by atoms with E-state index in [0.29, 0.717) is 5.56 Å².